The zero-order valence-corrected chi connectivity index (χ0v) is 87.7. The van der Waals surface area contributed by atoms with Crippen molar-refractivity contribution in [1.82, 2.24) is 39.9 Å². The SMILES string of the molecule is CC(=O)OC[C@@H](OC(C)(C)C)c1c(C)cc2nc(C(C)(F)F)ccc2c1-c1ccc2c3c(ccnc13)CCO2.CC(=O)OC[C@@H](OC(C)(C)C)c1c(C)cc2nc(C(C)=O)ccc2c1-c1ccc2c3c(ccnc13)CCO2.CC(=O)c1ccc2c(-c3ccc4c5c(ccnc35)CCO4)c([C@@H](CO)OC(C)(C)C)c(C)cc2n1.Cc1cc2nc(C(C)(F)F)ccc2c(-c2ccc3c4c(ccnc24)CCO3)c1[C@@H](CO)OC(C)(C)C. The summed E-state index contributed by atoms with van der Waals surface area (Å²) in [5.74, 6) is -3.95. The third-order valence-electron chi connectivity index (χ3n) is 26.4. The number of carbonyl (C=O) groups excluding carboxylic acids is 4. The number of carbonyl (C=O) groups is 4. The van der Waals surface area contributed by atoms with Gasteiger partial charge in [-0.1, -0.05) is 12.1 Å². The van der Waals surface area contributed by atoms with Gasteiger partial charge in [0.2, 0.25) is 0 Å². The minimum Gasteiger partial charge on any atom is -0.493 e. The quantitative estimate of drug-likeness (QED) is 0.0362. The molecule has 148 heavy (non-hydrogen) atoms. The Morgan fingerprint density at radius 2 is 0.574 bits per heavy atom. The number of aliphatic hydroxyl groups excluding tert-OH is 2. The second-order valence-corrected chi connectivity index (χ2v) is 42.3. The summed E-state index contributed by atoms with van der Waals surface area (Å²) in [5.41, 5.74) is 21.9. The van der Waals surface area contributed by atoms with Gasteiger partial charge in [-0.3, -0.25) is 39.1 Å². The van der Waals surface area contributed by atoms with Gasteiger partial charge in [-0.05, 0) is 333 Å². The van der Waals surface area contributed by atoms with Crippen LogP contribution in [0, 0.1) is 27.7 Å². The van der Waals surface area contributed by atoms with E-state index in [2.05, 4.69) is 15.0 Å². The van der Waals surface area contributed by atoms with Crippen LogP contribution in [0.4, 0.5) is 17.6 Å². The van der Waals surface area contributed by atoms with Crippen molar-refractivity contribution in [3.8, 4) is 67.5 Å². The highest BCUT2D eigenvalue weighted by atomic mass is 19.3. The van der Waals surface area contributed by atoms with E-state index in [1.54, 1.807) is 48.8 Å². The smallest absolute Gasteiger partial charge is 0.302 e. The molecule has 0 bridgehead atoms. The number of rotatable bonds is 22. The number of pyridine rings is 8. The standard InChI is InChI=1S/C31H32F2N2O4.C31H32N2O5.C29H30F2N2O3.C29H30N2O4/c1-17-15-22-20(8-10-25(35-22)31(6,32)33)28(26(17)24(16-38-18(2)36)39-30(3,4)5)21-7-9-23-27-19(12-14-37-23)11-13-34-29(21)27;1-17-15-24-21(7-9-23(33-24)18(2)34)29(27(17)26(16-37-19(3)35)38-31(4,5)6)22-8-10-25-28-20(12-14-36-25)11-13-32-30(22)28;1-16-14-20-18(7-9-23(33-20)29(5,30)31)26(24(16)22(15-34)36-28(2,3)4)19-6-8-21-25-17(11-13-35-21)10-12-32-27(19)25;1-16-14-22-19(6-8-21(31-22)17(2)33)27(25(16)24(15-32)35-29(3,4)5)20-7-9-23-26-18(11-13-34-23)10-12-30-28(20)26/h7-11,13,15,24H,12,14,16H2,1-6H3;7-11,13,15,26H,12,14,16H2,1-6H3;6-10,12,14,22,34H,11,13,15H2,1-5H3;6-10,12,14,24,32H,11,13,15H2,1-5H3/t24-;26-;22-;24-/m1111/s1. The monoisotopic (exact) mass is 2010 g/mol. The lowest BCUT2D eigenvalue weighted by molar-refractivity contribution is -0.151. The molecule has 8 aromatic heterocycles. The molecule has 4 atom stereocenters. The number of ketones is 2. The van der Waals surface area contributed by atoms with Crippen LogP contribution in [0.15, 0.2) is 170 Å². The summed E-state index contributed by atoms with van der Waals surface area (Å²) in [5, 5.41) is 27.9. The van der Waals surface area contributed by atoms with E-state index < -0.39 is 64.6 Å². The summed E-state index contributed by atoms with van der Waals surface area (Å²) in [6.45, 7) is 40.8. The Labute approximate surface area is 857 Å². The highest BCUT2D eigenvalue weighted by molar-refractivity contribution is 6.13. The first-order valence-corrected chi connectivity index (χ1v) is 49.9. The summed E-state index contributed by atoms with van der Waals surface area (Å²) in [4.78, 5) is 85.0. The van der Waals surface area contributed by atoms with Gasteiger partial charge in [0.15, 0.2) is 11.6 Å². The normalized spacial score (nSPS) is 14.3. The molecule has 16 aromatic rings. The van der Waals surface area contributed by atoms with Crippen LogP contribution in [-0.2, 0) is 75.5 Å². The molecule has 0 radical (unpaired) electrons. The van der Waals surface area contributed by atoms with Crippen LogP contribution < -0.4 is 18.9 Å². The zero-order valence-electron chi connectivity index (χ0n) is 87.7. The molecule has 24 nitrogen and oxygen atoms in total. The number of aliphatic hydroxyl groups is 2. The number of fused-ring (bicyclic) bond motifs is 4. The van der Waals surface area contributed by atoms with Crippen LogP contribution in [0.1, 0.15) is 248 Å². The van der Waals surface area contributed by atoms with Gasteiger partial charge in [0.05, 0.1) is 106 Å². The number of nitrogens with zero attached hydrogens (tertiary/aromatic N) is 8. The van der Waals surface area contributed by atoms with Crippen LogP contribution >= 0.6 is 0 Å². The van der Waals surface area contributed by atoms with E-state index in [-0.39, 0.29) is 55.4 Å². The van der Waals surface area contributed by atoms with Crippen molar-refractivity contribution >= 4 is 111 Å². The summed E-state index contributed by atoms with van der Waals surface area (Å²) in [7, 11) is 0. The molecular weight excluding hydrogens is 1890 g/mol. The van der Waals surface area contributed by atoms with Crippen LogP contribution in [0.25, 0.3) is 132 Å². The number of benzene rings is 8. The Morgan fingerprint density at radius 3 is 0.811 bits per heavy atom. The molecule has 2 N–H and O–H groups in total. The van der Waals surface area contributed by atoms with E-state index in [0.717, 1.165) is 223 Å². The third kappa shape index (κ3) is 22.1. The number of hydrogen-bond donors (Lipinski definition) is 2. The number of esters is 2. The first-order valence-electron chi connectivity index (χ1n) is 49.9. The highest BCUT2D eigenvalue weighted by Crippen LogP contribution is 2.53. The summed E-state index contributed by atoms with van der Waals surface area (Å²) in [6, 6.07) is 44.9. The molecule has 0 aliphatic carbocycles. The number of halogens is 4. The lowest BCUT2D eigenvalue weighted by atomic mass is 9.86. The van der Waals surface area contributed by atoms with Gasteiger partial charge in [-0.2, -0.15) is 17.6 Å². The van der Waals surface area contributed by atoms with Crippen molar-refractivity contribution in [2.45, 2.75) is 237 Å². The molecule has 4 aliphatic heterocycles. The Morgan fingerprint density at radius 1 is 0.331 bits per heavy atom. The van der Waals surface area contributed by atoms with Crippen molar-refractivity contribution in [1.29, 1.82) is 0 Å². The van der Waals surface area contributed by atoms with Crippen LogP contribution in [-0.4, -0.2) is 149 Å². The average Bonchev–Trinajstić information content (AvgIpc) is 0.742. The van der Waals surface area contributed by atoms with Crippen molar-refractivity contribution in [3.05, 3.63) is 260 Å². The maximum Gasteiger partial charge on any atom is 0.302 e. The van der Waals surface area contributed by atoms with E-state index in [4.69, 9.17) is 72.3 Å². The molecule has 0 spiro atoms. The van der Waals surface area contributed by atoms with Crippen LogP contribution in [0.3, 0.4) is 0 Å². The number of ether oxygens (including phenoxy) is 10. The van der Waals surface area contributed by atoms with Gasteiger partial charge in [0.1, 0.15) is 83.4 Å². The van der Waals surface area contributed by atoms with E-state index in [1.807, 2.05) is 220 Å². The molecule has 28 heteroatoms. The molecule has 0 amide bonds. The molecule has 0 unspecified atom stereocenters. The predicted octanol–water partition coefficient (Wildman–Crippen LogP) is 25.9. The lowest BCUT2D eigenvalue weighted by Gasteiger charge is -2.31. The largest absolute Gasteiger partial charge is 0.493 e. The van der Waals surface area contributed by atoms with Gasteiger partial charge in [-0.15, -0.1) is 0 Å². The highest BCUT2D eigenvalue weighted by Gasteiger charge is 2.38. The topological polar surface area (TPSA) is 304 Å². The van der Waals surface area contributed by atoms with E-state index in [1.165, 1.54) is 51.0 Å². The molecule has 20 rings (SSSR count). The fourth-order valence-electron chi connectivity index (χ4n) is 20.6. The molecule has 12 heterocycles. The summed E-state index contributed by atoms with van der Waals surface area (Å²) in [6.07, 6.45) is 8.04. The fraction of sp³-hybridized carbons (Fsp3) is 0.367. The Hall–Kier alpha value is -14.0. The molecule has 0 fully saturated rings. The first kappa shape index (κ1) is 105. The number of aromatic nitrogens is 8. The molecule has 4 aliphatic rings. The Balaban J connectivity index is 0.000000135. The number of hydrogen-bond acceptors (Lipinski definition) is 24. The van der Waals surface area contributed by atoms with Gasteiger partial charge < -0.3 is 57.6 Å². The molecular formula is C120H124F4N8O16. The second kappa shape index (κ2) is 41.6. The van der Waals surface area contributed by atoms with Crippen molar-refractivity contribution in [2.75, 3.05) is 52.9 Å². The number of aryl methyl sites for hydroxylation is 4. The van der Waals surface area contributed by atoms with Gasteiger partial charge in [0.25, 0.3) is 11.8 Å². The Bertz CT molecular complexity index is 7930. The van der Waals surface area contributed by atoms with Crippen molar-refractivity contribution in [2.24, 2.45) is 0 Å². The van der Waals surface area contributed by atoms with E-state index in [9.17, 15) is 47.0 Å². The van der Waals surface area contributed by atoms with E-state index >= 15 is 0 Å². The molecule has 0 saturated heterocycles. The molecule has 768 valence electrons. The zero-order chi connectivity index (χ0) is 106. The maximum atomic E-state index is 14.3. The summed E-state index contributed by atoms with van der Waals surface area (Å²) < 4.78 is 117. The fourth-order valence-corrected chi connectivity index (χ4v) is 20.6. The second-order valence-electron chi connectivity index (χ2n) is 42.3. The van der Waals surface area contributed by atoms with Gasteiger partial charge >= 0.3 is 11.9 Å². The predicted molar refractivity (Wildman–Crippen MR) is 567 cm³/mol. The van der Waals surface area contributed by atoms with Gasteiger partial charge in [0, 0.05) is 157 Å². The van der Waals surface area contributed by atoms with E-state index in [0.29, 0.717) is 65.1 Å². The first-order chi connectivity index (χ1) is 70.0. The van der Waals surface area contributed by atoms with Crippen LogP contribution in [0.5, 0.6) is 23.0 Å². The Kier molecular flexibility index (Phi) is 29.6. The number of Topliss-reactive ketones (excluding diaryl/α,β-unsaturated/α-hetero) is 2. The molecule has 0 saturated carbocycles. The lowest BCUT2D eigenvalue weighted by Crippen LogP contribution is -2.27. The molecule has 8 aromatic carbocycles. The van der Waals surface area contributed by atoms with Crippen molar-refractivity contribution < 1.29 is 94.3 Å². The minimum atomic E-state index is -3.09. The van der Waals surface area contributed by atoms with Crippen molar-refractivity contribution in [3.63, 3.8) is 0 Å². The van der Waals surface area contributed by atoms with Crippen LogP contribution in [0.2, 0.25) is 0 Å². The van der Waals surface area contributed by atoms with Gasteiger partial charge in [-0.25, -0.2) is 19.9 Å². The summed E-state index contributed by atoms with van der Waals surface area (Å²) >= 11 is 0. The third-order valence-corrected chi connectivity index (χ3v) is 26.4. The maximum absolute atomic E-state index is 14.3. The average molecular weight is 2010 g/mol. The minimum absolute atomic E-state index is 0.0116. The number of alkyl halides is 4.